The van der Waals surface area contributed by atoms with Gasteiger partial charge in [-0.15, -0.1) is 0 Å². The van der Waals surface area contributed by atoms with E-state index in [1.165, 1.54) is 14.0 Å². The van der Waals surface area contributed by atoms with Crippen LogP contribution in [0.3, 0.4) is 0 Å². The third-order valence-electron chi connectivity index (χ3n) is 3.18. The van der Waals surface area contributed by atoms with Crippen molar-refractivity contribution in [3.05, 3.63) is 53.9 Å². The molecule has 1 atom stereocenters. The van der Waals surface area contributed by atoms with E-state index in [0.717, 1.165) is 11.1 Å². The summed E-state index contributed by atoms with van der Waals surface area (Å²) >= 11 is 0. The smallest absolute Gasteiger partial charge is 0.337 e. The summed E-state index contributed by atoms with van der Waals surface area (Å²) in [5.74, 6) is -0.517. The van der Waals surface area contributed by atoms with Gasteiger partial charge in [0.25, 0.3) is 0 Å². The summed E-state index contributed by atoms with van der Waals surface area (Å²) in [4.78, 5) is 26.8. The van der Waals surface area contributed by atoms with Gasteiger partial charge in [-0.1, -0.05) is 12.1 Å². The summed E-state index contributed by atoms with van der Waals surface area (Å²) in [6.07, 6.45) is 1.61. The molecule has 0 bridgehead atoms. The number of pyridine rings is 1. The molecule has 2 rings (SSSR count). The van der Waals surface area contributed by atoms with Gasteiger partial charge in [-0.2, -0.15) is 0 Å². The molecule has 0 aliphatic carbocycles. The molecule has 0 radical (unpaired) electrons. The van der Waals surface area contributed by atoms with Gasteiger partial charge in [-0.3, -0.25) is 9.78 Å². The Morgan fingerprint density at radius 2 is 1.81 bits per heavy atom. The first-order valence-electron chi connectivity index (χ1n) is 6.43. The first-order valence-corrected chi connectivity index (χ1v) is 6.43. The molecule has 21 heavy (non-hydrogen) atoms. The number of ketones is 1. The van der Waals surface area contributed by atoms with Gasteiger partial charge in [0.2, 0.25) is 0 Å². The number of ether oxygens (including phenoxy) is 1. The number of benzene rings is 1. The summed E-state index contributed by atoms with van der Waals surface area (Å²) < 4.78 is 4.66. The predicted molar refractivity (Wildman–Crippen MR) is 78.6 cm³/mol. The van der Waals surface area contributed by atoms with Crippen LogP contribution in [-0.2, 0) is 9.53 Å². The number of nitrogens with two attached hydrogens (primary N) is 1. The zero-order valence-corrected chi connectivity index (χ0v) is 11.9. The number of rotatable bonds is 4. The Kier molecular flexibility index (Phi) is 4.45. The Labute approximate surface area is 122 Å². The van der Waals surface area contributed by atoms with Crippen molar-refractivity contribution >= 4 is 11.8 Å². The summed E-state index contributed by atoms with van der Waals surface area (Å²) in [6.45, 7) is 1.43. The molecule has 2 N–H and O–H groups in total. The summed E-state index contributed by atoms with van der Waals surface area (Å²) in [5.41, 5.74) is 8.59. The molecule has 0 aliphatic rings. The van der Waals surface area contributed by atoms with Crippen molar-refractivity contribution in [3.8, 4) is 11.1 Å². The van der Waals surface area contributed by atoms with Gasteiger partial charge in [0.05, 0.1) is 18.4 Å². The third-order valence-corrected chi connectivity index (χ3v) is 3.18. The first-order chi connectivity index (χ1) is 10.0. The SMILES string of the molecule is COC(=O)c1ccc(-c2ccnc(C(N)C(C)=O)c2)cc1. The minimum atomic E-state index is -0.723. The van der Waals surface area contributed by atoms with Gasteiger partial charge in [0, 0.05) is 6.20 Å². The Morgan fingerprint density at radius 1 is 1.14 bits per heavy atom. The minimum Gasteiger partial charge on any atom is -0.465 e. The van der Waals surface area contributed by atoms with Crippen LogP contribution in [0.5, 0.6) is 0 Å². The van der Waals surface area contributed by atoms with Gasteiger partial charge in [0.1, 0.15) is 6.04 Å². The first kappa shape index (κ1) is 14.9. The third kappa shape index (κ3) is 3.32. The lowest BCUT2D eigenvalue weighted by molar-refractivity contribution is -0.118. The van der Waals surface area contributed by atoms with Crippen molar-refractivity contribution in [2.45, 2.75) is 13.0 Å². The van der Waals surface area contributed by atoms with Crippen molar-refractivity contribution in [2.75, 3.05) is 7.11 Å². The number of carbonyl (C=O) groups excluding carboxylic acids is 2. The molecule has 1 aromatic carbocycles. The second-order valence-corrected chi connectivity index (χ2v) is 4.63. The summed E-state index contributed by atoms with van der Waals surface area (Å²) in [5, 5.41) is 0. The number of nitrogens with zero attached hydrogens (tertiary/aromatic N) is 1. The van der Waals surface area contributed by atoms with Crippen molar-refractivity contribution < 1.29 is 14.3 Å². The zero-order valence-electron chi connectivity index (χ0n) is 11.9. The highest BCUT2D eigenvalue weighted by molar-refractivity contribution is 5.90. The van der Waals surface area contributed by atoms with Gasteiger partial charge in [0.15, 0.2) is 5.78 Å². The van der Waals surface area contributed by atoms with Crippen molar-refractivity contribution in [1.82, 2.24) is 4.98 Å². The Balaban J connectivity index is 2.32. The van der Waals surface area contributed by atoms with E-state index in [0.29, 0.717) is 11.3 Å². The fraction of sp³-hybridized carbons (Fsp3) is 0.188. The van der Waals surface area contributed by atoms with Crippen molar-refractivity contribution in [2.24, 2.45) is 5.73 Å². The maximum absolute atomic E-state index is 11.4. The highest BCUT2D eigenvalue weighted by atomic mass is 16.5. The molecule has 5 heteroatoms. The lowest BCUT2D eigenvalue weighted by atomic mass is 10.0. The van der Waals surface area contributed by atoms with Crippen LogP contribution in [0.25, 0.3) is 11.1 Å². The fourth-order valence-corrected chi connectivity index (χ4v) is 1.92. The predicted octanol–water partition coefficient (Wildman–Crippen LogP) is 2.12. The number of esters is 1. The largest absolute Gasteiger partial charge is 0.465 e. The van der Waals surface area contributed by atoms with Crippen molar-refractivity contribution in [1.29, 1.82) is 0 Å². The normalized spacial score (nSPS) is 11.8. The molecule has 108 valence electrons. The molecular weight excluding hydrogens is 268 g/mol. The van der Waals surface area contributed by atoms with Crippen LogP contribution in [0.2, 0.25) is 0 Å². The molecule has 1 aromatic heterocycles. The van der Waals surface area contributed by atoms with E-state index in [4.69, 9.17) is 5.73 Å². The van der Waals surface area contributed by atoms with Gasteiger partial charge in [-0.05, 0) is 42.3 Å². The van der Waals surface area contributed by atoms with Crippen LogP contribution in [-0.4, -0.2) is 23.8 Å². The lowest BCUT2D eigenvalue weighted by Gasteiger charge is -2.09. The highest BCUT2D eigenvalue weighted by Gasteiger charge is 2.13. The lowest BCUT2D eigenvalue weighted by Crippen LogP contribution is -2.19. The minimum absolute atomic E-state index is 0.138. The van der Waals surface area contributed by atoms with E-state index in [1.54, 1.807) is 24.4 Å². The van der Waals surface area contributed by atoms with E-state index in [1.807, 2.05) is 18.2 Å². The van der Waals surface area contributed by atoms with Crippen LogP contribution in [0.4, 0.5) is 0 Å². The van der Waals surface area contributed by atoms with E-state index in [-0.39, 0.29) is 11.8 Å². The summed E-state index contributed by atoms with van der Waals surface area (Å²) in [7, 11) is 1.34. The van der Waals surface area contributed by atoms with Crippen LogP contribution in [0.1, 0.15) is 29.0 Å². The molecule has 0 fully saturated rings. The number of Topliss-reactive ketones (excluding diaryl/α,β-unsaturated/α-hetero) is 1. The quantitative estimate of drug-likeness (QED) is 0.870. The van der Waals surface area contributed by atoms with Crippen LogP contribution >= 0.6 is 0 Å². The van der Waals surface area contributed by atoms with E-state index < -0.39 is 6.04 Å². The average molecular weight is 284 g/mol. The fourth-order valence-electron chi connectivity index (χ4n) is 1.92. The van der Waals surface area contributed by atoms with Gasteiger partial charge < -0.3 is 10.5 Å². The van der Waals surface area contributed by atoms with Crippen LogP contribution < -0.4 is 5.73 Å². The van der Waals surface area contributed by atoms with Crippen LogP contribution in [0, 0.1) is 0 Å². The number of aromatic nitrogens is 1. The van der Waals surface area contributed by atoms with Crippen LogP contribution in [0.15, 0.2) is 42.6 Å². The average Bonchev–Trinajstić information content (AvgIpc) is 2.53. The number of hydrogen-bond acceptors (Lipinski definition) is 5. The maximum Gasteiger partial charge on any atom is 0.337 e. The van der Waals surface area contributed by atoms with Gasteiger partial charge in [-0.25, -0.2) is 4.79 Å². The molecule has 0 aliphatic heterocycles. The molecule has 5 nitrogen and oxygen atoms in total. The second-order valence-electron chi connectivity index (χ2n) is 4.63. The zero-order chi connectivity index (χ0) is 15.4. The Morgan fingerprint density at radius 3 is 2.38 bits per heavy atom. The second kappa shape index (κ2) is 6.28. The molecule has 2 aromatic rings. The molecule has 1 heterocycles. The molecule has 0 amide bonds. The summed E-state index contributed by atoms with van der Waals surface area (Å²) in [6, 6.07) is 9.87. The van der Waals surface area contributed by atoms with Crippen molar-refractivity contribution in [3.63, 3.8) is 0 Å². The maximum atomic E-state index is 11.4. The molecular formula is C16H16N2O3. The molecule has 0 spiro atoms. The molecule has 0 saturated carbocycles. The Hall–Kier alpha value is -2.53. The monoisotopic (exact) mass is 284 g/mol. The standard InChI is InChI=1S/C16H16N2O3/c1-10(19)15(17)14-9-13(7-8-18-14)11-3-5-12(6-4-11)16(20)21-2/h3-9,15H,17H2,1-2H3. The van der Waals surface area contributed by atoms with E-state index in [9.17, 15) is 9.59 Å². The molecule has 0 saturated heterocycles. The topological polar surface area (TPSA) is 82.3 Å². The molecule has 1 unspecified atom stereocenters. The number of methoxy groups -OCH3 is 1. The highest BCUT2D eigenvalue weighted by Crippen LogP contribution is 2.22. The van der Waals surface area contributed by atoms with Gasteiger partial charge >= 0.3 is 5.97 Å². The number of carbonyl (C=O) groups is 2. The number of hydrogen-bond donors (Lipinski definition) is 1. The van der Waals surface area contributed by atoms with E-state index in [2.05, 4.69) is 9.72 Å². The Bertz CT molecular complexity index is 665. The van der Waals surface area contributed by atoms with E-state index >= 15 is 0 Å².